The molecular weight excluding hydrogens is 301 g/mol. The van der Waals surface area contributed by atoms with E-state index >= 15 is 0 Å². The van der Waals surface area contributed by atoms with Gasteiger partial charge in [0.2, 0.25) is 0 Å². The molecule has 1 fully saturated rings. The van der Waals surface area contributed by atoms with E-state index in [2.05, 4.69) is 5.32 Å². The number of hydrogen-bond acceptors (Lipinski definition) is 3. The Morgan fingerprint density at radius 3 is 3.00 bits per heavy atom. The third-order valence-corrected chi connectivity index (χ3v) is 3.70. The summed E-state index contributed by atoms with van der Waals surface area (Å²) in [6.45, 7) is 3.32. The van der Waals surface area contributed by atoms with Crippen LogP contribution >= 0.6 is 23.2 Å². The summed E-state index contributed by atoms with van der Waals surface area (Å²) in [7, 11) is 0. The van der Waals surface area contributed by atoms with Gasteiger partial charge in [-0.1, -0.05) is 23.2 Å². The molecule has 1 aromatic carbocycles. The number of benzene rings is 1. The Bertz CT molecular complexity index is 497. The highest BCUT2D eigenvalue weighted by molar-refractivity contribution is 6.35. The van der Waals surface area contributed by atoms with Crippen LogP contribution in [0.25, 0.3) is 0 Å². The zero-order valence-corrected chi connectivity index (χ0v) is 12.6. The number of hydrogen-bond donors (Lipinski definition) is 2. The molecule has 1 aromatic rings. The second-order valence-electron chi connectivity index (χ2n) is 4.77. The van der Waals surface area contributed by atoms with E-state index in [0.717, 1.165) is 0 Å². The Kier molecular flexibility index (Phi) is 5.10. The molecule has 1 aliphatic rings. The van der Waals surface area contributed by atoms with Crippen molar-refractivity contribution >= 4 is 34.9 Å². The summed E-state index contributed by atoms with van der Waals surface area (Å²) < 4.78 is 5.52. The fraction of sp³-hybridized carbons (Fsp3) is 0.462. The lowest BCUT2D eigenvalue weighted by Gasteiger charge is -2.34. The molecule has 0 spiro atoms. The average molecular weight is 318 g/mol. The minimum Gasteiger partial charge on any atom is -0.373 e. The SMILES string of the molecule is CC(N)C1CN(C(=O)Nc2cc(Cl)ccc2Cl)CCO1. The minimum atomic E-state index is -0.233. The van der Waals surface area contributed by atoms with Gasteiger partial charge in [-0.25, -0.2) is 4.79 Å². The van der Waals surface area contributed by atoms with E-state index in [4.69, 9.17) is 33.7 Å². The highest BCUT2D eigenvalue weighted by atomic mass is 35.5. The van der Waals surface area contributed by atoms with Crippen LogP contribution in [0.3, 0.4) is 0 Å². The summed E-state index contributed by atoms with van der Waals surface area (Å²) in [5.41, 5.74) is 6.30. The molecule has 2 amide bonds. The summed E-state index contributed by atoms with van der Waals surface area (Å²) in [4.78, 5) is 13.9. The van der Waals surface area contributed by atoms with Crippen molar-refractivity contribution < 1.29 is 9.53 Å². The normalized spacial score (nSPS) is 20.6. The van der Waals surface area contributed by atoms with E-state index in [1.54, 1.807) is 23.1 Å². The number of halogens is 2. The Labute approximate surface area is 128 Å². The number of morpholine rings is 1. The van der Waals surface area contributed by atoms with Crippen molar-refractivity contribution in [2.75, 3.05) is 25.0 Å². The summed E-state index contributed by atoms with van der Waals surface area (Å²) in [5.74, 6) is 0. The Hall–Kier alpha value is -1.01. The first-order valence-corrected chi connectivity index (χ1v) is 7.11. The summed E-state index contributed by atoms with van der Waals surface area (Å²) in [5, 5.41) is 3.71. The van der Waals surface area contributed by atoms with Crippen molar-refractivity contribution in [1.29, 1.82) is 0 Å². The summed E-state index contributed by atoms with van der Waals surface area (Å²) >= 11 is 11.9. The minimum absolute atomic E-state index is 0.125. The number of carbonyl (C=O) groups excluding carboxylic acids is 1. The maximum Gasteiger partial charge on any atom is 0.322 e. The molecule has 3 N–H and O–H groups in total. The number of carbonyl (C=O) groups is 1. The van der Waals surface area contributed by atoms with Crippen LogP contribution in [0.4, 0.5) is 10.5 Å². The highest BCUT2D eigenvalue weighted by Crippen LogP contribution is 2.25. The number of urea groups is 1. The van der Waals surface area contributed by atoms with Crippen LogP contribution in [-0.2, 0) is 4.74 Å². The zero-order chi connectivity index (χ0) is 14.7. The molecule has 20 heavy (non-hydrogen) atoms. The Morgan fingerprint density at radius 1 is 1.55 bits per heavy atom. The molecule has 0 aliphatic carbocycles. The molecule has 7 heteroatoms. The first kappa shape index (κ1) is 15.4. The zero-order valence-electron chi connectivity index (χ0n) is 11.1. The van der Waals surface area contributed by atoms with Crippen molar-refractivity contribution in [3.8, 4) is 0 Å². The monoisotopic (exact) mass is 317 g/mol. The lowest BCUT2D eigenvalue weighted by molar-refractivity contribution is -0.0220. The molecule has 1 heterocycles. The van der Waals surface area contributed by atoms with Crippen LogP contribution in [0.5, 0.6) is 0 Å². The van der Waals surface area contributed by atoms with Gasteiger partial charge in [0.25, 0.3) is 0 Å². The largest absolute Gasteiger partial charge is 0.373 e. The topological polar surface area (TPSA) is 67.6 Å². The average Bonchev–Trinajstić information content (AvgIpc) is 2.43. The van der Waals surface area contributed by atoms with Gasteiger partial charge in [-0.15, -0.1) is 0 Å². The van der Waals surface area contributed by atoms with E-state index in [0.29, 0.717) is 35.4 Å². The van der Waals surface area contributed by atoms with Gasteiger partial charge in [-0.3, -0.25) is 0 Å². The number of ether oxygens (including phenoxy) is 1. The second kappa shape index (κ2) is 6.63. The Balaban J connectivity index is 2.02. The maximum atomic E-state index is 12.2. The number of nitrogens with one attached hydrogen (secondary N) is 1. The van der Waals surface area contributed by atoms with Crippen LogP contribution in [-0.4, -0.2) is 42.8 Å². The van der Waals surface area contributed by atoms with Crippen molar-refractivity contribution in [2.45, 2.75) is 19.1 Å². The fourth-order valence-electron chi connectivity index (χ4n) is 1.97. The van der Waals surface area contributed by atoms with Gasteiger partial charge in [0.05, 0.1) is 30.0 Å². The molecule has 2 atom stereocenters. The van der Waals surface area contributed by atoms with Crippen LogP contribution in [0, 0.1) is 0 Å². The van der Waals surface area contributed by atoms with E-state index in [1.165, 1.54) is 0 Å². The molecule has 110 valence electrons. The van der Waals surface area contributed by atoms with Crippen LogP contribution < -0.4 is 11.1 Å². The molecule has 0 radical (unpaired) electrons. The van der Waals surface area contributed by atoms with E-state index in [1.807, 2.05) is 6.92 Å². The lowest BCUT2D eigenvalue weighted by Crippen LogP contribution is -2.52. The van der Waals surface area contributed by atoms with Crippen molar-refractivity contribution in [2.24, 2.45) is 5.73 Å². The molecule has 1 saturated heterocycles. The predicted octanol–water partition coefficient (Wildman–Crippen LogP) is 2.57. The second-order valence-corrected chi connectivity index (χ2v) is 5.61. The fourth-order valence-corrected chi connectivity index (χ4v) is 2.30. The molecule has 2 rings (SSSR count). The third-order valence-electron chi connectivity index (χ3n) is 3.14. The molecule has 0 saturated carbocycles. The highest BCUT2D eigenvalue weighted by Gasteiger charge is 2.26. The number of nitrogens with zero attached hydrogens (tertiary/aromatic N) is 1. The number of rotatable bonds is 2. The summed E-state index contributed by atoms with van der Waals surface area (Å²) in [6.07, 6.45) is -0.149. The van der Waals surface area contributed by atoms with Gasteiger partial charge in [0.15, 0.2) is 0 Å². The molecule has 5 nitrogen and oxygen atoms in total. The van der Waals surface area contributed by atoms with E-state index in [-0.39, 0.29) is 18.2 Å². The maximum absolute atomic E-state index is 12.2. The van der Waals surface area contributed by atoms with Gasteiger partial charge in [-0.05, 0) is 25.1 Å². The van der Waals surface area contributed by atoms with Gasteiger partial charge < -0.3 is 20.7 Å². The Morgan fingerprint density at radius 2 is 2.30 bits per heavy atom. The van der Waals surface area contributed by atoms with Gasteiger partial charge in [0, 0.05) is 17.6 Å². The smallest absolute Gasteiger partial charge is 0.322 e. The van der Waals surface area contributed by atoms with E-state index < -0.39 is 0 Å². The van der Waals surface area contributed by atoms with Crippen LogP contribution in [0.2, 0.25) is 10.0 Å². The number of anilines is 1. The van der Waals surface area contributed by atoms with Gasteiger partial charge >= 0.3 is 6.03 Å². The van der Waals surface area contributed by atoms with E-state index in [9.17, 15) is 4.79 Å². The van der Waals surface area contributed by atoms with Gasteiger partial charge in [-0.2, -0.15) is 0 Å². The number of amides is 2. The first-order chi connectivity index (χ1) is 9.47. The first-order valence-electron chi connectivity index (χ1n) is 6.35. The van der Waals surface area contributed by atoms with Crippen LogP contribution in [0.1, 0.15) is 6.92 Å². The molecule has 2 unspecified atom stereocenters. The van der Waals surface area contributed by atoms with Crippen molar-refractivity contribution in [3.05, 3.63) is 28.2 Å². The predicted molar refractivity (Wildman–Crippen MR) is 80.4 cm³/mol. The lowest BCUT2D eigenvalue weighted by atomic mass is 10.1. The standard InChI is InChI=1S/C13H17Cl2N3O2/c1-8(16)12-7-18(4-5-20-12)13(19)17-11-6-9(14)2-3-10(11)15/h2-3,6,8,12H,4-5,7,16H2,1H3,(H,17,19). The van der Waals surface area contributed by atoms with Gasteiger partial charge in [0.1, 0.15) is 0 Å². The van der Waals surface area contributed by atoms with Crippen molar-refractivity contribution in [1.82, 2.24) is 4.90 Å². The van der Waals surface area contributed by atoms with Crippen LogP contribution in [0.15, 0.2) is 18.2 Å². The summed E-state index contributed by atoms with van der Waals surface area (Å²) in [6, 6.07) is 4.57. The molecule has 1 aliphatic heterocycles. The number of nitrogens with two attached hydrogens (primary N) is 1. The quantitative estimate of drug-likeness (QED) is 0.881. The molecule has 0 aromatic heterocycles. The molecule has 0 bridgehead atoms. The van der Waals surface area contributed by atoms with Crippen molar-refractivity contribution in [3.63, 3.8) is 0 Å². The third kappa shape index (κ3) is 3.76. The molecular formula is C13H17Cl2N3O2.